The summed E-state index contributed by atoms with van der Waals surface area (Å²) in [6, 6.07) is 16.7. The van der Waals surface area contributed by atoms with E-state index < -0.39 is 9.84 Å². The standard InChI is InChI=1S/C26H24N4O5S/c1-36(33,34)21-8-6-18(7-9-21)30-15-12-20(16-25(30)31)35-19-10-13-29(14-11-19)26(32)24-17-27-22-4-2-3-5-23(22)28-24/h2-9,12,15-17,19H,10-11,13-14H2,1H3. The first-order valence-electron chi connectivity index (χ1n) is 11.5. The van der Waals surface area contributed by atoms with Crippen LogP contribution in [0.3, 0.4) is 0 Å². The molecule has 0 saturated carbocycles. The molecule has 10 heteroatoms. The van der Waals surface area contributed by atoms with Gasteiger partial charge in [-0.25, -0.2) is 13.4 Å². The molecule has 184 valence electrons. The second-order valence-corrected chi connectivity index (χ2v) is 10.7. The van der Waals surface area contributed by atoms with Gasteiger partial charge in [0.15, 0.2) is 9.84 Å². The van der Waals surface area contributed by atoms with Crippen molar-refractivity contribution in [3.05, 3.63) is 89.1 Å². The Hall–Kier alpha value is -4.05. The van der Waals surface area contributed by atoms with Gasteiger partial charge in [0, 0.05) is 50.1 Å². The van der Waals surface area contributed by atoms with Crippen molar-refractivity contribution in [1.29, 1.82) is 0 Å². The lowest BCUT2D eigenvalue weighted by atomic mass is 10.1. The molecular formula is C26H24N4O5S. The van der Waals surface area contributed by atoms with Gasteiger partial charge in [0.1, 0.15) is 17.5 Å². The van der Waals surface area contributed by atoms with Gasteiger partial charge in [-0.2, -0.15) is 0 Å². The quantitative estimate of drug-likeness (QED) is 0.411. The van der Waals surface area contributed by atoms with Gasteiger partial charge in [0.25, 0.3) is 11.5 Å². The summed E-state index contributed by atoms with van der Waals surface area (Å²) in [6.45, 7) is 1.03. The number of para-hydroxylation sites is 2. The molecule has 9 nitrogen and oxygen atoms in total. The Labute approximate surface area is 207 Å². The minimum Gasteiger partial charge on any atom is -0.490 e. The van der Waals surface area contributed by atoms with Gasteiger partial charge < -0.3 is 9.64 Å². The van der Waals surface area contributed by atoms with E-state index >= 15 is 0 Å². The molecule has 0 N–H and O–H groups in total. The van der Waals surface area contributed by atoms with Crippen LogP contribution in [0.4, 0.5) is 0 Å². The summed E-state index contributed by atoms with van der Waals surface area (Å²) in [7, 11) is -3.31. The van der Waals surface area contributed by atoms with Crippen molar-refractivity contribution in [3.63, 3.8) is 0 Å². The number of ether oxygens (including phenoxy) is 1. The third kappa shape index (κ3) is 4.99. The summed E-state index contributed by atoms with van der Waals surface area (Å²) in [5, 5.41) is 0. The zero-order chi connectivity index (χ0) is 25.3. The first kappa shape index (κ1) is 23.7. The molecule has 5 rings (SSSR count). The van der Waals surface area contributed by atoms with Crippen molar-refractivity contribution in [2.45, 2.75) is 23.8 Å². The number of nitrogens with zero attached hydrogens (tertiary/aromatic N) is 4. The fraction of sp³-hybridized carbons (Fsp3) is 0.231. The van der Waals surface area contributed by atoms with Crippen LogP contribution in [0.25, 0.3) is 16.7 Å². The van der Waals surface area contributed by atoms with E-state index in [1.165, 1.54) is 29.0 Å². The molecule has 0 unspecified atom stereocenters. The largest absolute Gasteiger partial charge is 0.490 e. The van der Waals surface area contributed by atoms with Gasteiger partial charge in [-0.3, -0.25) is 19.1 Å². The van der Waals surface area contributed by atoms with Crippen molar-refractivity contribution >= 4 is 26.8 Å². The van der Waals surface area contributed by atoms with Crippen LogP contribution in [0.5, 0.6) is 5.75 Å². The van der Waals surface area contributed by atoms with Crippen molar-refractivity contribution in [2.24, 2.45) is 0 Å². The minimum absolute atomic E-state index is 0.124. The maximum absolute atomic E-state index is 12.9. The summed E-state index contributed by atoms with van der Waals surface area (Å²) < 4.78 is 30.7. The highest BCUT2D eigenvalue weighted by atomic mass is 32.2. The van der Waals surface area contributed by atoms with Crippen molar-refractivity contribution in [2.75, 3.05) is 19.3 Å². The number of hydrogen-bond donors (Lipinski definition) is 0. The third-order valence-corrected chi connectivity index (χ3v) is 7.26. The Balaban J connectivity index is 1.21. The molecule has 4 aromatic rings. The van der Waals surface area contributed by atoms with E-state index in [-0.39, 0.29) is 22.5 Å². The molecule has 1 aliphatic rings. The molecule has 0 spiro atoms. The molecule has 0 aliphatic carbocycles. The molecule has 3 heterocycles. The summed E-state index contributed by atoms with van der Waals surface area (Å²) in [5.74, 6) is 0.297. The molecular weight excluding hydrogens is 480 g/mol. The van der Waals surface area contributed by atoms with Crippen molar-refractivity contribution < 1.29 is 17.9 Å². The highest BCUT2D eigenvalue weighted by molar-refractivity contribution is 7.90. The maximum Gasteiger partial charge on any atom is 0.274 e. The minimum atomic E-state index is -3.31. The Morgan fingerprint density at radius 1 is 1.00 bits per heavy atom. The number of pyridine rings is 1. The molecule has 1 aliphatic heterocycles. The highest BCUT2D eigenvalue weighted by Crippen LogP contribution is 2.20. The lowest BCUT2D eigenvalue weighted by Crippen LogP contribution is -2.42. The van der Waals surface area contributed by atoms with Gasteiger partial charge >= 0.3 is 0 Å². The summed E-state index contributed by atoms with van der Waals surface area (Å²) in [6.07, 6.45) is 5.38. The van der Waals surface area contributed by atoms with Crippen LogP contribution in [-0.2, 0) is 9.84 Å². The fourth-order valence-corrected chi connectivity index (χ4v) is 4.82. The predicted molar refractivity (Wildman–Crippen MR) is 134 cm³/mol. The SMILES string of the molecule is CS(=O)(=O)c1ccc(-n2ccc(OC3CCN(C(=O)c4cnc5ccccc5n4)CC3)cc2=O)cc1. The van der Waals surface area contributed by atoms with Crippen LogP contribution in [-0.4, -0.2) is 59.2 Å². The van der Waals surface area contributed by atoms with Gasteiger partial charge in [-0.1, -0.05) is 12.1 Å². The van der Waals surface area contributed by atoms with E-state index in [1.807, 2.05) is 24.3 Å². The smallest absolute Gasteiger partial charge is 0.274 e. The Bertz CT molecular complexity index is 1590. The van der Waals surface area contributed by atoms with Gasteiger partial charge in [-0.05, 0) is 42.5 Å². The molecule has 1 saturated heterocycles. The Kier molecular flexibility index (Phi) is 6.27. The molecule has 0 radical (unpaired) electrons. The molecule has 0 atom stereocenters. The zero-order valence-corrected chi connectivity index (χ0v) is 20.4. The second kappa shape index (κ2) is 9.54. The summed E-state index contributed by atoms with van der Waals surface area (Å²) >= 11 is 0. The van der Waals surface area contributed by atoms with Crippen LogP contribution in [0, 0.1) is 0 Å². The van der Waals surface area contributed by atoms with Gasteiger partial charge in [-0.15, -0.1) is 0 Å². The molecule has 1 fully saturated rings. The number of benzene rings is 2. The lowest BCUT2D eigenvalue weighted by molar-refractivity contribution is 0.0590. The molecule has 36 heavy (non-hydrogen) atoms. The van der Waals surface area contributed by atoms with Crippen LogP contribution in [0.15, 0.2) is 82.7 Å². The highest BCUT2D eigenvalue weighted by Gasteiger charge is 2.26. The van der Waals surface area contributed by atoms with E-state index in [4.69, 9.17) is 4.74 Å². The van der Waals surface area contributed by atoms with Crippen molar-refractivity contribution in [1.82, 2.24) is 19.4 Å². The number of rotatable bonds is 5. The first-order chi connectivity index (χ1) is 17.3. The third-order valence-electron chi connectivity index (χ3n) is 6.13. The number of hydrogen-bond acceptors (Lipinski definition) is 7. The van der Waals surface area contributed by atoms with Gasteiger partial charge in [0.05, 0.1) is 22.1 Å². The van der Waals surface area contributed by atoms with E-state index in [0.717, 1.165) is 11.8 Å². The molecule has 2 aromatic carbocycles. The zero-order valence-electron chi connectivity index (χ0n) is 19.6. The molecule has 2 aromatic heterocycles. The number of carbonyl (C=O) groups excluding carboxylic acids is 1. The van der Waals surface area contributed by atoms with E-state index in [0.29, 0.717) is 48.6 Å². The second-order valence-electron chi connectivity index (χ2n) is 8.69. The van der Waals surface area contributed by atoms with Crippen molar-refractivity contribution in [3.8, 4) is 11.4 Å². The fourth-order valence-electron chi connectivity index (χ4n) is 4.19. The number of aromatic nitrogens is 3. The van der Waals surface area contributed by atoms with Crippen LogP contribution in [0.1, 0.15) is 23.3 Å². The number of sulfone groups is 1. The lowest BCUT2D eigenvalue weighted by Gasteiger charge is -2.32. The average Bonchev–Trinajstić information content (AvgIpc) is 2.88. The number of amides is 1. The normalized spacial score (nSPS) is 14.6. The first-order valence-corrected chi connectivity index (χ1v) is 13.4. The Morgan fingerprint density at radius 2 is 1.69 bits per heavy atom. The summed E-state index contributed by atoms with van der Waals surface area (Å²) in [4.78, 5) is 36.3. The van der Waals surface area contributed by atoms with Crippen LogP contribution >= 0.6 is 0 Å². The van der Waals surface area contributed by atoms with Crippen LogP contribution < -0.4 is 10.3 Å². The molecule has 0 bridgehead atoms. The average molecular weight is 505 g/mol. The van der Waals surface area contributed by atoms with E-state index in [1.54, 1.807) is 29.3 Å². The number of likely N-dealkylation sites (tertiary alicyclic amines) is 1. The molecule has 1 amide bonds. The number of carbonyl (C=O) groups is 1. The monoisotopic (exact) mass is 504 g/mol. The van der Waals surface area contributed by atoms with Crippen LogP contribution in [0.2, 0.25) is 0 Å². The van der Waals surface area contributed by atoms with E-state index in [2.05, 4.69) is 9.97 Å². The number of fused-ring (bicyclic) bond motifs is 1. The maximum atomic E-state index is 12.9. The predicted octanol–water partition coefficient (Wildman–Crippen LogP) is 2.87. The topological polar surface area (TPSA) is 111 Å². The van der Waals surface area contributed by atoms with Gasteiger partial charge in [0.2, 0.25) is 0 Å². The Morgan fingerprint density at radius 3 is 2.36 bits per heavy atom. The van der Waals surface area contributed by atoms with E-state index in [9.17, 15) is 18.0 Å². The summed E-state index contributed by atoms with van der Waals surface area (Å²) in [5.41, 5.74) is 2.02. The number of piperidine rings is 1.